The summed E-state index contributed by atoms with van der Waals surface area (Å²) in [6.45, 7) is 0. The first kappa shape index (κ1) is 81.1. The van der Waals surface area contributed by atoms with Crippen LogP contribution in [0.1, 0.15) is 155 Å². The van der Waals surface area contributed by atoms with E-state index < -0.39 is 41.9 Å². The molecule has 4 aliphatic carbocycles. The molecule has 594 valence electrons. The summed E-state index contributed by atoms with van der Waals surface area (Å²) in [5.74, 6) is 3.51. The quantitative estimate of drug-likeness (QED) is 0.0823. The Morgan fingerprint density at radius 3 is 0.915 bits per heavy atom. The number of anilines is 4. The van der Waals surface area contributed by atoms with Crippen molar-refractivity contribution < 1.29 is 80.4 Å². The van der Waals surface area contributed by atoms with Gasteiger partial charge in [0, 0.05) is 127 Å². The predicted octanol–water partition coefficient (Wildman–Crippen LogP) is 4.24. The molecule has 12 atom stereocenters. The summed E-state index contributed by atoms with van der Waals surface area (Å²) >= 11 is 0. The fourth-order valence-corrected chi connectivity index (χ4v) is 15.3. The third-order valence-corrected chi connectivity index (χ3v) is 21.6. The Morgan fingerprint density at radius 1 is 0.373 bits per heavy atom. The fourth-order valence-electron chi connectivity index (χ4n) is 15.3. The first-order valence-corrected chi connectivity index (χ1v) is 37.8. The largest absolute Gasteiger partial charge is 1.00 e. The van der Waals surface area contributed by atoms with Gasteiger partial charge in [-0.25, -0.2) is 34.9 Å². The molecule has 12 heterocycles. The van der Waals surface area contributed by atoms with E-state index in [0.717, 1.165) is 70.7 Å². The minimum Gasteiger partial charge on any atom is -0.870 e. The Labute approximate surface area is 687 Å². The molecule has 4 aromatic carbocycles. The number of nitrogens with zero attached hydrogens (tertiary/aromatic N) is 16. The van der Waals surface area contributed by atoms with Gasteiger partial charge in [-0.15, -0.1) is 0 Å². The molecule has 0 bridgehead atoms. The minimum atomic E-state index is -0.655. The van der Waals surface area contributed by atoms with Crippen LogP contribution >= 0.6 is 0 Å². The van der Waals surface area contributed by atoms with E-state index in [0.29, 0.717) is 77.9 Å². The molecule has 6 N–H and O–H groups in total. The van der Waals surface area contributed by atoms with Crippen LogP contribution in [0.3, 0.4) is 0 Å². The molecule has 0 radical (unpaired) electrons. The van der Waals surface area contributed by atoms with E-state index in [-0.39, 0.29) is 113 Å². The van der Waals surface area contributed by atoms with Crippen LogP contribution in [0, 0.1) is 23.7 Å². The number of hydrogen-bond acceptors (Lipinski definition) is 26. The molecule has 2 unspecified atom stereocenters. The summed E-state index contributed by atoms with van der Waals surface area (Å²) in [4.78, 5) is 156. The van der Waals surface area contributed by atoms with E-state index in [1.807, 2.05) is 121 Å². The first-order valence-electron chi connectivity index (χ1n) is 37.8. The Balaban J connectivity index is 0.000000124. The second-order valence-electron chi connectivity index (χ2n) is 29.3. The van der Waals surface area contributed by atoms with Crippen LogP contribution in [-0.2, 0) is 49.7 Å². The third kappa shape index (κ3) is 17.7. The Kier molecular flexibility index (Phi) is 24.3. The van der Waals surface area contributed by atoms with Crippen LogP contribution in [0.5, 0.6) is 0 Å². The number of oxazole rings is 4. The van der Waals surface area contributed by atoms with E-state index >= 15 is 0 Å². The summed E-state index contributed by atoms with van der Waals surface area (Å²) < 4.78 is 22.0. The number of nitrogens with one attached hydrogen (secondary N) is 3. The zero-order valence-electron chi connectivity index (χ0n) is 64.6. The summed E-state index contributed by atoms with van der Waals surface area (Å²) in [5.41, 5.74) is 13.6. The van der Waals surface area contributed by atoms with Gasteiger partial charge in [0.1, 0.15) is 41.2 Å². The predicted molar refractivity (Wildman–Crippen MR) is 417 cm³/mol. The first-order chi connectivity index (χ1) is 56.4. The number of rotatable bonds is 15. The van der Waals surface area contributed by atoms with Gasteiger partial charge < -0.3 is 49.6 Å². The molecule has 4 saturated carbocycles. The number of amides is 7. The third-order valence-electron chi connectivity index (χ3n) is 21.6. The molecule has 34 heteroatoms. The van der Waals surface area contributed by atoms with Gasteiger partial charge in [-0.05, 0) is 71.6 Å². The molecule has 4 fully saturated rings. The van der Waals surface area contributed by atoms with Crippen molar-refractivity contribution in [1.82, 2.24) is 75.8 Å². The van der Waals surface area contributed by atoms with Crippen LogP contribution < -0.4 is 60.1 Å². The van der Waals surface area contributed by atoms with E-state index in [4.69, 9.17) is 23.4 Å². The topological polar surface area (TPSA) is 449 Å². The standard InChI is InChI=1S/3C21H19N5O3.C11H8NO2.C10H12N4O.Li.H2O/c3*1-26-18-16(22-7-8-23-18)14-10-15(14)17(21(26)28)25-19(27)20-24-11-13(29-20)9-12-5-3-2-4-6-12;13-8-11-12-7-10(14-11)6-9-4-2-1-3-5-9;1-14-9-8(12-2-3-13-9)6-4-5(6)7(11)10(14)15;;/h3*2-8,11,14-15,17H,9-10H2,1H3,(H,25,27);1-5,7H,6H2;2-3,5-7H,4,11H2,1H3;;1H2/q;;;-1;;+1;/p-1/t14-,15?,17+;2*14-,15+,17+;;5?,6-,7+;;/m110.1../s1. The summed E-state index contributed by atoms with van der Waals surface area (Å²) in [6.07, 6.45) is 26.3. The maximum atomic E-state index is 13.0. The van der Waals surface area contributed by atoms with Crippen molar-refractivity contribution in [3.63, 3.8) is 0 Å². The SMILES string of the molecule is CN1C(=O)[C@@H](N)C2C[C@H]2c2nccnc21.CN1C(=O)[C@@H](NC(=O)c2ncc(Cc3ccccc3)o2)C2C[C@H]2c2nccnc21.CN1C(=O)[C@@H](NC(=O)c2ncc(Cc3ccccc3)o2)[C@H]2C[C@H]2c2nccnc21.CN1C(=O)[C@H](NC(=O)c2ncc(Cc3ccccc3)o2)[C@@H]2C[C@@H]2c2nccnc21.O=[C-]c1ncc(Cc2ccccc2)o1.[Li+].[OH-]. The van der Waals surface area contributed by atoms with Crippen molar-refractivity contribution in [3.05, 3.63) is 287 Å². The van der Waals surface area contributed by atoms with Crippen molar-refractivity contribution in [2.75, 3.05) is 47.8 Å². The van der Waals surface area contributed by atoms with Gasteiger partial charge in [-0.1, -0.05) is 121 Å². The van der Waals surface area contributed by atoms with Gasteiger partial charge in [0.15, 0.2) is 23.3 Å². The number of hydrogen-bond donors (Lipinski definition) is 4. The molecule has 33 nitrogen and oxygen atoms in total. The molecule has 0 saturated heterocycles. The fraction of sp³-hybridized carbons (Fsp3) is 0.286. The van der Waals surface area contributed by atoms with Crippen molar-refractivity contribution in [3.8, 4) is 0 Å². The average Bonchev–Trinajstić information content (AvgIpc) is 1.62. The van der Waals surface area contributed by atoms with Gasteiger partial charge in [0.25, 0.3) is 35.4 Å². The monoisotopic (exact) mass is 1580 g/mol. The number of benzene rings is 4. The van der Waals surface area contributed by atoms with Gasteiger partial charge in [-0.2, -0.15) is 6.29 Å². The number of aromatic nitrogens is 12. The number of likely N-dealkylation sites (N-methyl/N-ethyl adjacent to an activating group) is 4. The molecule has 0 spiro atoms. The molecule has 12 aromatic rings. The zero-order chi connectivity index (χ0) is 80.3. The molecular formula is C84H78LiN20O13-. The molecule has 7 amide bonds. The van der Waals surface area contributed by atoms with E-state index in [9.17, 15) is 38.4 Å². The Hall–Kier alpha value is -13.5. The van der Waals surface area contributed by atoms with Crippen LogP contribution in [0.2, 0.25) is 0 Å². The van der Waals surface area contributed by atoms with Gasteiger partial charge in [-0.3, -0.25) is 78.1 Å². The molecule has 8 aliphatic rings. The number of nitrogens with two attached hydrogens (primary N) is 1. The Bertz CT molecular complexity index is 5230. The van der Waals surface area contributed by atoms with E-state index in [2.05, 4.69) is 75.8 Å². The van der Waals surface area contributed by atoms with Crippen LogP contribution in [0.25, 0.3) is 0 Å². The number of fused-ring (bicyclic) bond motifs is 12. The van der Waals surface area contributed by atoms with Crippen molar-refractivity contribution >= 4 is 70.9 Å². The van der Waals surface area contributed by atoms with Crippen LogP contribution in [-0.4, -0.2) is 165 Å². The summed E-state index contributed by atoms with van der Waals surface area (Å²) in [5, 5.41) is 8.45. The van der Waals surface area contributed by atoms with Gasteiger partial charge in [0.2, 0.25) is 5.91 Å². The minimum absolute atomic E-state index is 0. The van der Waals surface area contributed by atoms with Crippen molar-refractivity contribution in [1.29, 1.82) is 0 Å². The van der Waals surface area contributed by atoms with Crippen LogP contribution in [0.4, 0.5) is 23.3 Å². The number of carbonyl (C=O) groups excluding carboxylic acids is 8. The smallest absolute Gasteiger partial charge is 0.870 e. The molecule has 8 aromatic heterocycles. The maximum Gasteiger partial charge on any atom is 1.00 e. The average molecular weight is 1580 g/mol. The van der Waals surface area contributed by atoms with Crippen molar-refractivity contribution in [2.24, 2.45) is 29.4 Å². The maximum absolute atomic E-state index is 13.0. The Morgan fingerprint density at radius 2 is 0.627 bits per heavy atom. The van der Waals surface area contributed by atoms with Crippen LogP contribution in [0.15, 0.2) is 213 Å². The van der Waals surface area contributed by atoms with E-state index in [1.54, 1.807) is 109 Å². The zero-order valence-corrected chi connectivity index (χ0v) is 64.6. The van der Waals surface area contributed by atoms with Crippen molar-refractivity contribution in [2.45, 2.75) is 99.2 Å². The normalized spacial score (nSPS) is 21.9. The number of carbonyl (C=O) groups is 7. The summed E-state index contributed by atoms with van der Waals surface area (Å²) in [7, 11) is 6.68. The molecule has 20 rings (SSSR count). The van der Waals surface area contributed by atoms with E-state index in [1.165, 1.54) is 19.6 Å². The summed E-state index contributed by atoms with van der Waals surface area (Å²) in [6, 6.07) is 36.9. The van der Waals surface area contributed by atoms with Gasteiger partial charge >= 0.3 is 36.6 Å². The van der Waals surface area contributed by atoms with Gasteiger partial charge in [0.05, 0.1) is 59.5 Å². The molecule has 118 heavy (non-hydrogen) atoms. The molecular weight excluding hydrogens is 1500 g/mol. The molecule has 4 aliphatic heterocycles. The second kappa shape index (κ2) is 35.3. The second-order valence-corrected chi connectivity index (χ2v) is 29.3.